The minimum Gasteiger partial charge on any atom is -0.340 e. The van der Waals surface area contributed by atoms with Gasteiger partial charge < -0.3 is 10.2 Å². The van der Waals surface area contributed by atoms with Crippen molar-refractivity contribution in [2.45, 2.75) is 6.54 Å². The van der Waals surface area contributed by atoms with Gasteiger partial charge in [-0.05, 0) is 17.7 Å². The van der Waals surface area contributed by atoms with E-state index in [2.05, 4.69) is 20.2 Å². The van der Waals surface area contributed by atoms with Crippen LogP contribution in [0.1, 0.15) is 5.56 Å². The Labute approximate surface area is 164 Å². The third-order valence-corrected chi connectivity index (χ3v) is 5.45. The third kappa shape index (κ3) is 3.24. The molecule has 0 spiro atoms. The minimum absolute atomic E-state index is 0.358. The third-order valence-electron chi connectivity index (χ3n) is 4.71. The first-order valence-electron chi connectivity index (χ1n) is 8.55. The Balaban J connectivity index is 1.92. The van der Waals surface area contributed by atoms with Crippen LogP contribution in [0.2, 0.25) is 10.0 Å². The number of benzene rings is 1. The molecule has 0 radical (unpaired) electrons. The lowest BCUT2D eigenvalue weighted by Gasteiger charge is -2.28. The molecule has 2 aromatic heterocycles. The predicted molar refractivity (Wildman–Crippen MR) is 106 cm³/mol. The van der Waals surface area contributed by atoms with E-state index in [1.807, 2.05) is 10.6 Å². The second kappa shape index (κ2) is 7.03. The molecule has 3 aromatic rings. The fourth-order valence-corrected chi connectivity index (χ4v) is 3.62. The van der Waals surface area contributed by atoms with Crippen molar-refractivity contribution in [2.24, 2.45) is 7.05 Å². The van der Waals surface area contributed by atoms with Crippen LogP contribution in [0, 0.1) is 0 Å². The summed E-state index contributed by atoms with van der Waals surface area (Å²) >= 11 is 12.2. The molecule has 142 valence electrons. The van der Waals surface area contributed by atoms with Gasteiger partial charge >= 0.3 is 5.69 Å². The van der Waals surface area contributed by atoms with Crippen LogP contribution in [0.5, 0.6) is 0 Å². The molecule has 2 N–H and O–H groups in total. The Hall–Kier alpha value is -2.29. The Morgan fingerprint density at radius 1 is 1.15 bits per heavy atom. The summed E-state index contributed by atoms with van der Waals surface area (Å²) in [4.78, 5) is 33.7. The molecule has 1 aliphatic rings. The molecule has 10 heteroatoms. The number of hydrogen-bond donors (Lipinski definition) is 2. The number of nitrogens with one attached hydrogen (secondary N) is 2. The van der Waals surface area contributed by atoms with Crippen molar-refractivity contribution in [2.75, 3.05) is 31.1 Å². The Kier molecular flexibility index (Phi) is 4.71. The molecular formula is C17H18Cl2N6O2. The summed E-state index contributed by atoms with van der Waals surface area (Å²) in [7, 11) is 1.60. The van der Waals surface area contributed by atoms with Gasteiger partial charge in [-0.1, -0.05) is 29.3 Å². The first-order chi connectivity index (χ1) is 13.0. The van der Waals surface area contributed by atoms with Gasteiger partial charge in [-0.25, -0.2) is 4.79 Å². The van der Waals surface area contributed by atoms with Gasteiger partial charge in [-0.15, -0.1) is 0 Å². The van der Waals surface area contributed by atoms with Crippen molar-refractivity contribution < 1.29 is 0 Å². The van der Waals surface area contributed by atoms with E-state index in [1.165, 1.54) is 4.57 Å². The van der Waals surface area contributed by atoms with Crippen molar-refractivity contribution in [3.8, 4) is 0 Å². The number of aryl methyl sites for hydroxylation is 1. The van der Waals surface area contributed by atoms with Gasteiger partial charge in [0.05, 0.1) is 16.6 Å². The molecule has 1 fully saturated rings. The molecule has 0 amide bonds. The summed E-state index contributed by atoms with van der Waals surface area (Å²) in [5.74, 6) is 0.657. The normalized spacial score (nSPS) is 14.9. The lowest BCUT2D eigenvalue weighted by molar-refractivity contribution is 0.571. The van der Waals surface area contributed by atoms with E-state index < -0.39 is 11.2 Å². The lowest BCUT2D eigenvalue weighted by atomic mass is 10.2. The summed E-state index contributed by atoms with van der Waals surface area (Å²) in [5.41, 5.74) is 0.656. The van der Waals surface area contributed by atoms with Gasteiger partial charge in [0.2, 0.25) is 5.95 Å². The first-order valence-corrected chi connectivity index (χ1v) is 9.30. The van der Waals surface area contributed by atoms with E-state index in [-0.39, 0.29) is 0 Å². The molecule has 27 heavy (non-hydrogen) atoms. The molecule has 0 unspecified atom stereocenters. The monoisotopic (exact) mass is 408 g/mol. The average Bonchev–Trinajstić information content (AvgIpc) is 3.03. The summed E-state index contributed by atoms with van der Waals surface area (Å²) in [6.45, 7) is 3.55. The van der Waals surface area contributed by atoms with Crippen LogP contribution in [-0.4, -0.2) is 45.3 Å². The zero-order valence-electron chi connectivity index (χ0n) is 14.6. The second-order valence-electron chi connectivity index (χ2n) is 6.47. The highest BCUT2D eigenvalue weighted by Gasteiger charge is 2.23. The van der Waals surface area contributed by atoms with Crippen LogP contribution >= 0.6 is 23.2 Å². The molecule has 0 atom stereocenters. The van der Waals surface area contributed by atoms with E-state index in [0.717, 1.165) is 31.7 Å². The fraction of sp³-hybridized carbons (Fsp3) is 0.353. The maximum Gasteiger partial charge on any atom is 0.329 e. The standard InChI is InChI=1S/C17H18Cl2N6O2/c1-23-14-13(15(26)22-17(23)27)25(9-10-2-3-11(18)12(19)8-10)16(21-14)24-6-4-20-5-7-24/h2-3,8,20H,4-7,9H2,1H3,(H,22,26,27). The van der Waals surface area contributed by atoms with Gasteiger partial charge in [0, 0.05) is 33.2 Å². The van der Waals surface area contributed by atoms with E-state index in [4.69, 9.17) is 23.2 Å². The smallest absolute Gasteiger partial charge is 0.329 e. The topological polar surface area (TPSA) is 87.9 Å². The largest absolute Gasteiger partial charge is 0.340 e. The fourth-order valence-electron chi connectivity index (χ4n) is 3.30. The zero-order chi connectivity index (χ0) is 19.1. The van der Waals surface area contributed by atoms with Crippen molar-refractivity contribution in [1.29, 1.82) is 0 Å². The summed E-state index contributed by atoms with van der Waals surface area (Å²) in [5, 5.41) is 4.22. The summed E-state index contributed by atoms with van der Waals surface area (Å²) in [6, 6.07) is 5.36. The zero-order valence-corrected chi connectivity index (χ0v) is 16.1. The van der Waals surface area contributed by atoms with Crippen LogP contribution in [-0.2, 0) is 13.6 Å². The number of nitrogens with zero attached hydrogens (tertiary/aromatic N) is 4. The van der Waals surface area contributed by atoms with Crippen molar-refractivity contribution in [3.63, 3.8) is 0 Å². The average molecular weight is 409 g/mol. The molecule has 0 bridgehead atoms. The molecule has 8 nitrogen and oxygen atoms in total. The van der Waals surface area contributed by atoms with E-state index in [9.17, 15) is 9.59 Å². The summed E-state index contributed by atoms with van der Waals surface area (Å²) < 4.78 is 3.19. The maximum absolute atomic E-state index is 12.6. The van der Waals surface area contributed by atoms with Crippen LogP contribution in [0.15, 0.2) is 27.8 Å². The molecule has 3 heterocycles. The molecule has 1 aliphatic heterocycles. The van der Waals surface area contributed by atoms with Gasteiger partial charge in [-0.3, -0.25) is 18.9 Å². The molecule has 0 saturated carbocycles. The number of H-pyrrole nitrogens is 1. The Morgan fingerprint density at radius 2 is 1.89 bits per heavy atom. The van der Waals surface area contributed by atoms with E-state index >= 15 is 0 Å². The highest BCUT2D eigenvalue weighted by molar-refractivity contribution is 6.42. The van der Waals surface area contributed by atoms with Crippen molar-refractivity contribution in [3.05, 3.63) is 54.6 Å². The van der Waals surface area contributed by atoms with E-state index in [1.54, 1.807) is 19.2 Å². The predicted octanol–water partition coefficient (Wildman–Crippen LogP) is 1.19. The second-order valence-corrected chi connectivity index (χ2v) is 7.29. The number of anilines is 1. The quantitative estimate of drug-likeness (QED) is 0.679. The highest BCUT2D eigenvalue weighted by atomic mass is 35.5. The number of rotatable bonds is 3. The molecule has 1 saturated heterocycles. The van der Waals surface area contributed by atoms with Crippen LogP contribution in [0.4, 0.5) is 5.95 Å². The van der Waals surface area contributed by atoms with Gasteiger partial charge in [0.1, 0.15) is 0 Å². The van der Waals surface area contributed by atoms with Gasteiger partial charge in [0.25, 0.3) is 5.56 Å². The molecule has 1 aromatic carbocycles. The highest BCUT2D eigenvalue weighted by Crippen LogP contribution is 2.26. The first kappa shape index (κ1) is 18.1. The van der Waals surface area contributed by atoms with Crippen molar-refractivity contribution in [1.82, 2.24) is 24.4 Å². The molecule has 4 rings (SSSR count). The van der Waals surface area contributed by atoms with Crippen LogP contribution < -0.4 is 21.5 Å². The Bertz CT molecular complexity index is 1130. The molecular weight excluding hydrogens is 391 g/mol. The number of halogens is 2. The van der Waals surface area contributed by atoms with E-state index in [0.29, 0.717) is 33.7 Å². The number of piperazine rings is 1. The maximum atomic E-state index is 12.6. The van der Waals surface area contributed by atoms with Gasteiger partial charge in [0.15, 0.2) is 11.2 Å². The van der Waals surface area contributed by atoms with Crippen LogP contribution in [0.25, 0.3) is 11.2 Å². The SMILES string of the molecule is Cn1c(=O)[nH]c(=O)c2c1nc(N1CCNCC1)n2Cc1ccc(Cl)c(Cl)c1. The summed E-state index contributed by atoms with van der Waals surface area (Å²) in [6.07, 6.45) is 0. The Morgan fingerprint density at radius 3 is 2.59 bits per heavy atom. The van der Waals surface area contributed by atoms with Crippen LogP contribution in [0.3, 0.4) is 0 Å². The number of imidazole rings is 1. The molecule has 0 aliphatic carbocycles. The van der Waals surface area contributed by atoms with Crippen molar-refractivity contribution >= 4 is 40.3 Å². The van der Waals surface area contributed by atoms with Gasteiger partial charge in [-0.2, -0.15) is 4.98 Å². The number of fused-ring (bicyclic) bond motifs is 1. The minimum atomic E-state index is -0.487. The lowest BCUT2D eigenvalue weighted by Crippen LogP contribution is -2.44. The number of aromatic nitrogens is 4. The number of aromatic amines is 1. The number of hydrogen-bond acceptors (Lipinski definition) is 5.